The summed E-state index contributed by atoms with van der Waals surface area (Å²) in [6.07, 6.45) is 14.7. The van der Waals surface area contributed by atoms with Gasteiger partial charge in [0.25, 0.3) is 0 Å². The zero-order chi connectivity index (χ0) is 24.9. The molecule has 0 amide bonds. The summed E-state index contributed by atoms with van der Waals surface area (Å²) in [6, 6.07) is 22.1. The van der Waals surface area contributed by atoms with Gasteiger partial charge in [0.2, 0.25) is 0 Å². The highest BCUT2D eigenvalue weighted by Gasteiger charge is 2.50. The van der Waals surface area contributed by atoms with Gasteiger partial charge < -0.3 is 9.47 Å². The van der Waals surface area contributed by atoms with Crippen molar-refractivity contribution < 1.29 is 9.47 Å². The van der Waals surface area contributed by atoms with E-state index >= 15 is 0 Å². The maximum absolute atomic E-state index is 6.61. The molecule has 0 spiro atoms. The van der Waals surface area contributed by atoms with Gasteiger partial charge in [0.05, 0.1) is 12.1 Å². The maximum atomic E-state index is 6.61. The number of aliphatic imine (C=N–C) groups is 2. The lowest BCUT2D eigenvalue weighted by Gasteiger charge is -2.32. The van der Waals surface area contributed by atoms with Gasteiger partial charge in [-0.1, -0.05) is 99.2 Å². The van der Waals surface area contributed by atoms with Crippen molar-refractivity contribution in [2.24, 2.45) is 27.2 Å². The first-order chi connectivity index (χ1) is 18.3. The first-order valence-corrected chi connectivity index (χ1v) is 14.8. The van der Waals surface area contributed by atoms with Crippen LogP contribution in [-0.2, 0) is 22.3 Å². The molecule has 2 aromatic rings. The van der Waals surface area contributed by atoms with Crippen molar-refractivity contribution in [2.75, 3.05) is 13.2 Å². The van der Waals surface area contributed by atoms with Gasteiger partial charge >= 0.3 is 0 Å². The molecular formula is C33H42N2O2. The van der Waals surface area contributed by atoms with Gasteiger partial charge in [-0.05, 0) is 61.5 Å². The fourth-order valence-electron chi connectivity index (χ4n) is 7.17. The molecule has 2 saturated carbocycles. The third-order valence-corrected chi connectivity index (χ3v) is 9.25. The molecule has 2 heterocycles. The van der Waals surface area contributed by atoms with Crippen LogP contribution in [0.15, 0.2) is 70.6 Å². The fourth-order valence-corrected chi connectivity index (χ4v) is 7.17. The van der Waals surface area contributed by atoms with E-state index in [-0.39, 0.29) is 12.1 Å². The van der Waals surface area contributed by atoms with Gasteiger partial charge in [-0.15, -0.1) is 0 Å². The second-order valence-corrected chi connectivity index (χ2v) is 11.8. The zero-order valence-electron chi connectivity index (χ0n) is 22.2. The van der Waals surface area contributed by atoms with E-state index in [0.717, 1.165) is 24.6 Å². The van der Waals surface area contributed by atoms with Gasteiger partial charge in [-0.25, -0.2) is 9.98 Å². The van der Waals surface area contributed by atoms with Crippen LogP contribution in [0.5, 0.6) is 0 Å². The van der Waals surface area contributed by atoms with Crippen LogP contribution >= 0.6 is 0 Å². The van der Waals surface area contributed by atoms with Gasteiger partial charge in [0, 0.05) is 0 Å². The third kappa shape index (κ3) is 5.49. The second-order valence-electron chi connectivity index (χ2n) is 11.8. The molecule has 2 unspecified atom stereocenters. The number of hydrogen-bond donors (Lipinski definition) is 0. The number of nitrogens with zero attached hydrogens (tertiary/aromatic N) is 2. The predicted molar refractivity (Wildman–Crippen MR) is 150 cm³/mol. The van der Waals surface area contributed by atoms with Crippen molar-refractivity contribution in [1.29, 1.82) is 0 Å². The molecule has 2 aliphatic heterocycles. The van der Waals surface area contributed by atoms with Crippen LogP contribution in [-0.4, -0.2) is 37.1 Å². The minimum absolute atomic E-state index is 0.261. The molecule has 37 heavy (non-hydrogen) atoms. The quantitative estimate of drug-likeness (QED) is 0.386. The largest absolute Gasteiger partial charge is 0.478 e. The highest BCUT2D eigenvalue weighted by Crippen LogP contribution is 2.41. The molecule has 4 nitrogen and oxygen atoms in total. The number of ether oxygens (including phenoxy) is 2. The van der Waals surface area contributed by atoms with Crippen LogP contribution in [0, 0.1) is 17.3 Å². The summed E-state index contributed by atoms with van der Waals surface area (Å²) >= 11 is 0. The first kappa shape index (κ1) is 24.7. The molecule has 0 N–H and O–H groups in total. The lowest BCUT2D eigenvalue weighted by atomic mass is 9.75. The maximum Gasteiger partial charge on any atom is 0.200 e. The van der Waals surface area contributed by atoms with E-state index in [4.69, 9.17) is 19.5 Å². The Bertz CT molecular complexity index is 981. The van der Waals surface area contributed by atoms with E-state index in [1.54, 1.807) is 0 Å². The van der Waals surface area contributed by atoms with Gasteiger partial charge in [-0.3, -0.25) is 0 Å². The smallest absolute Gasteiger partial charge is 0.200 e. The van der Waals surface area contributed by atoms with Crippen molar-refractivity contribution in [2.45, 2.75) is 89.1 Å². The molecule has 6 rings (SSSR count). The summed E-state index contributed by atoms with van der Waals surface area (Å²) in [5.74, 6) is 3.00. The molecule has 0 aromatic heterocycles. The topological polar surface area (TPSA) is 43.2 Å². The molecular weight excluding hydrogens is 456 g/mol. The fraction of sp³-hybridized carbons (Fsp3) is 0.576. The standard InChI is InChI=1S/C33H42N2O2/c1-5-13-25(14-6-1)21-33(22-26-15-7-2-8-16-26,31-34-29(23-36-31)27-17-9-3-10-18-27)32-35-30(24-37-32)28-19-11-4-12-20-28/h1-2,5-8,13-16,27-30H,3-4,9-12,17-24H2. The molecule has 4 heteroatoms. The minimum Gasteiger partial charge on any atom is -0.478 e. The summed E-state index contributed by atoms with van der Waals surface area (Å²) in [7, 11) is 0. The lowest BCUT2D eigenvalue weighted by Crippen LogP contribution is -2.44. The molecule has 2 aliphatic carbocycles. The summed E-state index contributed by atoms with van der Waals surface area (Å²) in [4.78, 5) is 10.8. The Labute approximate surface area is 222 Å². The third-order valence-electron chi connectivity index (χ3n) is 9.25. The predicted octanol–water partition coefficient (Wildman–Crippen LogP) is 7.21. The van der Waals surface area contributed by atoms with E-state index in [9.17, 15) is 0 Å². The molecule has 2 atom stereocenters. The van der Waals surface area contributed by atoms with Crippen molar-refractivity contribution in [3.05, 3.63) is 71.8 Å². The Morgan fingerprint density at radius 2 is 0.973 bits per heavy atom. The van der Waals surface area contributed by atoms with E-state index in [1.807, 2.05) is 0 Å². The van der Waals surface area contributed by atoms with E-state index in [2.05, 4.69) is 60.7 Å². The monoisotopic (exact) mass is 498 g/mol. The summed E-state index contributed by atoms with van der Waals surface area (Å²) < 4.78 is 13.2. The van der Waals surface area contributed by atoms with E-state index < -0.39 is 5.41 Å². The molecule has 2 fully saturated rings. The average Bonchev–Trinajstić information content (AvgIpc) is 3.67. The number of rotatable bonds is 8. The molecule has 0 saturated heterocycles. The number of benzene rings is 2. The van der Waals surface area contributed by atoms with Crippen LogP contribution in [0.3, 0.4) is 0 Å². The Balaban J connectivity index is 1.40. The van der Waals surface area contributed by atoms with Crippen LogP contribution in [0.25, 0.3) is 0 Å². The van der Waals surface area contributed by atoms with Crippen molar-refractivity contribution in [3.63, 3.8) is 0 Å². The van der Waals surface area contributed by atoms with E-state index in [1.165, 1.54) is 75.3 Å². The van der Waals surface area contributed by atoms with Crippen molar-refractivity contribution in [1.82, 2.24) is 0 Å². The highest BCUT2D eigenvalue weighted by molar-refractivity contribution is 6.07. The Morgan fingerprint density at radius 1 is 0.568 bits per heavy atom. The summed E-state index contributed by atoms with van der Waals surface area (Å²) in [5.41, 5.74) is 2.03. The Hall–Kier alpha value is -2.62. The van der Waals surface area contributed by atoms with Crippen LogP contribution in [0.4, 0.5) is 0 Å². The SMILES string of the molecule is c1ccc(CC(Cc2ccccc2)(C2=NC(C3CCCCC3)CO2)C2=NC(C3CCCCC3)CO2)cc1. The lowest BCUT2D eigenvalue weighted by molar-refractivity contribution is 0.212. The van der Waals surface area contributed by atoms with Gasteiger partial charge in [0.1, 0.15) is 18.6 Å². The molecule has 196 valence electrons. The Kier molecular flexibility index (Phi) is 7.62. The minimum atomic E-state index is -0.518. The zero-order valence-corrected chi connectivity index (χ0v) is 22.2. The summed E-state index contributed by atoms with van der Waals surface area (Å²) in [6.45, 7) is 1.40. The van der Waals surface area contributed by atoms with Crippen molar-refractivity contribution >= 4 is 11.8 Å². The van der Waals surface area contributed by atoms with Crippen LogP contribution in [0.1, 0.15) is 75.3 Å². The van der Waals surface area contributed by atoms with Crippen LogP contribution < -0.4 is 0 Å². The first-order valence-electron chi connectivity index (χ1n) is 14.8. The molecule has 2 aromatic carbocycles. The normalized spacial score (nSPS) is 25.3. The van der Waals surface area contributed by atoms with Crippen LogP contribution in [0.2, 0.25) is 0 Å². The van der Waals surface area contributed by atoms with Gasteiger partial charge in [0.15, 0.2) is 11.8 Å². The highest BCUT2D eigenvalue weighted by atomic mass is 16.5. The second kappa shape index (κ2) is 11.4. The number of hydrogen-bond acceptors (Lipinski definition) is 4. The average molecular weight is 499 g/mol. The molecule has 0 radical (unpaired) electrons. The van der Waals surface area contributed by atoms with Gasteiger partial charge in [-0.2, -0.15) is 0 Å². The van der Waals surface area contributed by atoms with E-state index in [0.29, 0.717) is 25.0 Å². The Morgan fingerprint density at radius 3 is 1.38 bits per heavy atom. The summed E-state index contributed by atoms with van der Waals surface area (Å²) in [5, 5.41) is 0. The van der Waals surface area contributed by atoms with Crippen molar-refractivity contribution in [3.8, 4) is 0 Å². The molecule has 4 aliphatic rings. The molecule has 0 bridgehead atoms.